The van der Waals surface area contributed by atoms with E-state index in [1.54, 1.807) is 11.3 Å². The molecule has 0 saturated heterocycles. The van der Waals surface area contributed by atoms with Crippen LogP contribution in [0.3, 0.4) is 0 Å². The summed E-state index contributed by atoms with van der Waals surface area (Å²) in [5.41, 5.74) is 5.08. The Bertz CT molecular complexity index is 1070. The summed E-state index contributed by atoms with van der Waals surface area (Å²) in [5.74, 6) is 2.47. The third-order valence-electron chi connectivity index (χ3n) is 4.21. The molecule has 0 amide bonds. The molecule has 5 rings (SSSR count). The molecule has 0 saturated carbocycles. The van der Waals surface area contributed by atoms with Gasteiger partial charge < -0.3 is 14.8 Å². The van der Waals surface area contributed by atoms with Gasteiger partial charge in [-0.25, -0.2) is 4.98 Å². The Labute approximate surface area is 148 Å². The molecular weight excluding hydrogens is 334 g/mol. The summed E-state index contributed by atoms with van der Waals surface area (Å²) >= 11 is 1.67. The number of nitrogens with zero attached hydrogens (tertiary/aromatic N) is 2. The first-order valence-corrected chi connectivity index (χ1v) is 8.90. The molecule has 3 aromatic heterocycles. The molecule has 0 unspecified atom stereocenters. The van der Waals surface area contributed by atoms with Gasteiger partial charge in [0, 0.05) is 28.9 Å². The van der Waals surface area contributed by atoms with Crippen LogP contribution in [0.4, 0.5) is 11.5 Å². The van der Waals surface area contributed by atoms with Crippen LogP contribution in [0.2, 0.25) is 0 Å². The molecule has 6 heteroatoms. The Kier molecular flexibility index (Phi) is 3.18. The number of nitrogens with one attached hydrogen (secondary N) is 1. The smallest absolute Gasteiger partial charge is 0.231 e. The van der Waals surface area contributed by atoms with Crippen molar-refractivity contribution in [1.29, 1.82) is 0 Å². The number of pyridine rings is 1. The first kappa shape index (κ1) is 14.4. The van der Waals surface area contributed by atoms with Crippen LogP contribution in [0.5, 0.6) is 11.5 Å². The number of ether oxygens (including phenoxy) is 2. The number of rotatable bonds is 3. The molecule has 0 fully saturated rings. The highest BCUT2D eigenvalue weighted by atomic mass is 32.1. The second kappa shape index (κ2) is 5.53. The Balaban J connectivity index is 1.65. The highest BCUT2D eigenvalue weighted by molar-refractivity contribution is 7.08. The Morgan fingerprint density at radius 1 is 1.12 bits per heavy atom. The number of hydrogen-bond donors (Lipinski definition) is 1. The van der Waals surface area contributed by atoms with E-state index in [1.165, 1.54) is 5.56 Å². The monoisotopic (exact) mass is 349 g/mol. The molecule has 4 aromatic rings. The summed E-state index contributed by atoms with van der Waals surface area (Å²) in [6.07, 6.45) is 2.04. The van der Waals surface area contributed by atoms with Crippen molar-refractivity contribution in [3.05, 3.63) is 58.9 Å². The fraction of sp³-hybridized carbons (Fsp3) is 0.105. The predicted octanol–water partition coefficient (Wildman–Crippen LogP) is 4.84. The van der Waals surface area contributed by atoms with Gasteiger partial charge in [-0.15, -0.1) is 0 Å². The van der Waals surface area contributed by atoms with Gasteiger partial charge in [0.25, 0.3) is 0 Å². The van der Waals surface area contributed by atoms with E-state index < -0.39 is 0 Å². The zero-order chi connectivity index (χ0) is 16.8. The predicted molar refractivity (Wildman–Crippen MR) is 99.1 cm³/mol. The topological polar surface area (TPSA) is 47.8 Å². The molecule has 0 radical (unpaired) electrons. The van der Waals surface area contributed by atoms with Crippen molar-refractivity contribution >= 4 is 28.5 Å². The molecule has 5 nitrogen and oxygen atoms in total. The fourth-order valence-corrected chi connectivity index (χ4v) is 3.62. The van der Waals surface area contributed by atoms with Gasteiger partial charge in [0.05, 0.1) is 0 Å². The standard InChI is InChI=1S/C19H15N3O2S/c1-12-4-6-22-17(8-12)21-18(13-5-7-25-10-13)19(22)20-14-2-3-15-16(9-14)24-11-23-15/h2-10,20H,11H2,1H3. The van der Waals surface area contributed by atoms with Crippen LogP contribution in [0.15, 0.2) is 53.4 Å². The van der Waals surface area contributed by atoms with Gasteiger partial charge in [0.15, 0.2) is 11.5 Å². The first-order chi connectivity index (χ1) is 12.3. The summed E-state index contributed by atoms with van der Waals surface area (Å²) in [7, 11) is 0. The van der Waals surface area contributed by atoms with Gasteiger partial charge in [-0.05, 0) is 48.2 Å². The Hall–Kier alpha value is -2.99. The van der Waals surface area contributed by atoms with E-state index in [2.05, 4.69) is 45.6 Å². The summed E-state index contributed by atoms with van der Waals surface area (Å²) in [6, 6.07) is 12.1. The largest absolute Gasteiger partial charge is 0.454 e. The van der Waals surface area contributed by atoms with Crippen LogP contribution >= 0.6 is 11.3 Å². The van der Waals surface area contributed by atoms with Crippen molar-refractivity contribution in [2.24, 2.45) is 0 Å². The highest BCUT2D eigenvalue weighted by Crippen LogP contribution is 2.37. The molecule has 0 spiro atoms. The van der Waals surface area contributed by atoms with Crippen LogP contribution in [0, 0.1) is 6.92 Å². The number of anilines is 2. The van der Waals surface area contributed by atoms with E-state index in [9.17, 15) is 0 Å². The van der Waals surface area contributed by atoms with Gasteiger partial charge in [0.1, 0.15) is 17.2 Å². The maximum absolute atomic E-state index is 5.48. The second-order valence-corrected chi connectivity index (χ2v) is 6.73. The molecule has 25 heavy (non-hydrogen) atoms. The zero-order valence-corrected chi connectivity index (χ0v) is 14.3. The van der Waals surface area contributed by atoms with Crippen molar-refractivity contribution in [2.45, 2.75) is 6.92 Å². The van der Waals surface area contributed by atoms with Crippen LogP contribution in [-0.4, -0.2) is 16.2 Å². The van der Waals surface area contributed by atoms with E-state index in [-0.39, 0.29) is 6.79 Å². The number of aryl methyl sites for hydroxylation is 1. The maximum Gasteiger partial charge on any atom is 0.231 e. The van der Waals surface area contributed by atoms with Crippen LogP contribution in [0.25, 0.3) is 16.9 Å². The number of aromatic nitrogens is 2. The molecule has 1 aliphatic heterocycles. The molecule has 1 aliphatic rings. The molecule has 1 aromatic carbocycles. The molecule has 1 N–H and O–H groups in total. The van der Waals surface area contributed by atoms with Crippen molar-refractivity contribution < 1.29 is 9.47 Å². The van der Waals surface area contributed by atoms with Crippen LogP contribution in [0.1, 0.15) is 5.56 Å². The molecule has 0 aliphatic carbocycles. The lowest BCUT2D eigenvalue weighted by atomic mass is 10.2. The molecule has 0 atom stereocenters. The minimum Gasteiger partial charge on any atom is -0.454 e. The minimum absolute atomic E-state index is 0.272. The van der Waals surface area contributed by atoms with Gasteiger partial charge in [-0.2, -0.15) is 11.3 Å². The van der Waals surface area contributed by atoms with Crippen LogP contribution < -0.4 is 14.8 Å². The van der Waals surface area contributed by atoms with E-state index in [4.69, 9.17) is 14.5 Å². The third kappa shape index (κ3) is 2.42. The van der Waals surface area contributed by atoms with Crippen molar-refractivity contribution in [3.63, 3.8) is 0 Å². The third-order valence-corrected chi connectivity index (χ3v) is 4.89. The normalized spacial score (nSPS) is 12.7. The Morgan fingerprint density at radius 2 is 2.04 bits per heavy atom. The van der Waals surface area contributed by atoms with Crippen LogP contribution in [-0.2, 0) is 0 Å². The first-order valence-electron chi connectivity index (χ1n) is 7.96. The number of fused-ring (bicyclic) bond motifs is 2. The maximum atomic E-state index is 5.48. The van der Waals surface area contributed by atoms with Gasteiger partial charge >= 0.3 is 0 Å². The minimum atomic E-state index is 0.272. The summed E-state index contributed by atoms with van der Waals surface area (Å²) < 4.78 is 12.9. The average molecular weight is 349 g/mol. The second-order valence-electron chi connectivity index (χ2n) is 5.95. The van der Waals surface area contributed by atoms with Crippen molar-refractivity contribution in [3.8, 4) is 22.8 Å². The van der Waals surface area contributed by atoms with E-state index in [0.717, 1.165) is 39.9 Å². The number of thiophene rings is 1. The van der Waals surface area contributed by atoms with Crippen molar-refractivity contribution in [1.82, 2.24) is 9.38 Å². The SMILES string of the molecule is Cc1ccn2c(Nc3ccc4c(c3)OCO4)c(-c3ccsc3)nc2c1. The fourth-order valence-electron chi connectivity index (χ4n) is 2.98. The van der Waals surface area contributed by atoms with Gasteiger partial charge in [0.2, 0.25) is 6.79 Å². The van der Waals surface area contributed by atoms with Gasteiger partial charge in [-0.1, -0.05) is 0 Å². The molecule has 124 valence electrons. The summed E-state index contributed by atoms with van der Waals surface area (Å²) in [5, 5.41) is 7.68. The van der Waals surface area contributed by atoms with Crippen molar-refractivity contribution in [2.75, 3.05) is 12.1 Å². The lowest BCUT2D eigenvalue weighted by Crippen LogP contribution is -1.97. The zero-order valence-electron chi connectivity index (χ0n) is 13.5. The Morgan fingerprint density at radius 3 is 2.92 bits per heavy atom. The van der Waals surface area contributed by atoms with E-state index in [0.29, 0.717) is 0 Å². The van der Waals surface area contributed by atoms with Gasteiger partial charge in [-0.3, -0.25) is 4.40 Å². The van der Waals surface area contributed by atoms with E-state index in [1.807, 2.05) is 24.4 Å². The average Bonchev–Trinajstić information content (AvgIpc) is 3.33. The summed E-state index contributed by atoms with van der Waals surface area (Å²) in [6.45, 7) is 2.34. The quantitative estimate of drug-likeness (QED) is 0.575. The molecule has 4 heterocycles. The summed E-state index contributed by atoms with van der Waals surface area (Å²) in [4.78, 5) is 4.84. The number of benzene rings is 1. The highest BCUT2D eigenvalue weighted by Gasteiger charge is 2.17. The lowest BCUT2D eigenvalue weighted by molar-refractivity contribution is 0.174. The number of imidazole rings is 1. The molecular formula is C19H15N3O2S. The van der Waals surface area contributed by atoms with E-state index >= 15 is 0 Å². The lowest BCUT2D eigenvalue weighted by Gasteiger charge is -2.09. The number of hydrogen-bond acceptors (Lipinski definition) is 5. The molecule has 0 bridgehead atoms.